The monoisotopic (exact) mass is 306 g/mol. The lowest BCUT2D eigenvalue weighted by molar-refractivity contribution is 0.236. The summed E-state index contributed by atoms with van der Waals surface area (Å²) in [7, 11) is 0. The summed E-state index contributed by atoms with van der Waals surface area (Å²) in [4.78, 5) is 2.61. The normalized spacial score (nSPS) is 20.1. The van der Waals surface area contributed by atoms with E-state index >= 15 is 0 Å². The van der Waals surface area contributed by atoms with E-state index in [0.29, 0.717) is 5.54 Å². The third-order valence-electron chi connectivity index (χ3n) is 5.51. The minimum atomic E-state index is 0.298. The van der Waals surface area contributed by atoms with E-state index in [-0.39, 0.29) is 0 Å². The van der Waals surface area contributed by atoms with Crippen LogP contribution in [-0.2, 0) is 13.1 Å². The van der Waals surface area contributed by atoms with Crippen LogP contribution < -0.4 is 10.2 Å². The highest BCUT2D eigenvalue weighted by Gasteiger charge is 2.36. The molecule has 1 aliphatic heterocycles. The fourth-order valence-electron chi connectivity index (χ4n) is 4.27. The molecule has 1 aliphatic carbocycles. The van der Waals surface area contributed by atoms with Crippen LogP contribution >= 0.6 is 0 Å². The van der Waals surface area contributed by atoms with Crippen molar-refractivity contribution in [1.82, 2.24) is 5.32 Å². The van der Waals surface area contributed by atoms with Crippen molar-refractivity contribution >= 4 is 5.69 Å². The van der Waals surface area contributed by atoms with Crippen molar-refractivity contribution in [2.45, 2.75) is 50.7 Å². The van der Waals surface area contributed by atoms with Crippen molar-refractivity contribution in [3.8, 4) is 0 Å². The summed E-state index contributed by atoms with van der Waals surface area (Å²) < 4.78 is 0. The van der Waals surface area contributed by atoms with E-state index in [1.165, 1.54) is 48.9 Å². The highest BCUT2D eigenvalue weighted by atomic mass is 15.2. The predicted octanol–water partition coefficient (Wildman–Crippen LogP) is 4.50. The van der Waals surface area contributed by atoms with E-state index < -0.39 is 0 Å². The van der Waals surface area contributed by atoms with Gasteiger partial charge in [-0.1, -0.05) is 67.8 Å². The van der Waals surface area contributed by atoms with Gasteiger partial charge in [0, 0.05) is 30.9 Å². The molecule has 2 aliphatic rings. The van der Waals surface area contributed by atoms with Crippen molar-refractivity contribution in [2.24, 2.45) is 0 Å². The summed E-state index contributed by atoms with van der Waals surface area (Å²) >= 11 is 0. The van der Waals surface area contributed by atoms with E-state index in [1.54, 1.807) is 0 Å². The first-order valence-corrected chi connectivity index (χ1v) is 8.97. The second-order valence-electron chi connectivity index (χ2n) is 7.16. The zero-order valence-corrected chi connectivity index (χ0v) is 13.8. The SMILES string of the molecule is c1ccc(CN2CC3(CCCCC3)NCc3ccccc32)cc1. The Morgan fingerprint density at radius 1 is 0.870 bits per heavy atom. The third-order valence-corrected chi connectivity index (χ3v) is 5.51. The topological polar surface area (TPSA) is 15.3 Å². The number of fused-ring (bicyclic) bond motifs is 1. The second kappa shape index (κ2) is 6.37. The largest absolute Gasteiger partial charge is 0.365 e. The number of benzene rings is 2. The lowest BCUT2D eigenvalue weighted by atomic mass is 9.81. The minimum Gasteiger partial charge on any atom is -0.365 e. The van der Waals surface area contributed by atoms with Crippen LogP contribution in [0.4, 0.5) is 5.69 Å². The number of hydrogen-bond donors (Lipinski definition) is 1. The molecule has 0 amide bonds. The molecule has 2 nitrogen and oxygen atoms in total. The van der Waals surface area contributed by atoms with Crippen molar-refractivity contribution in [1.29, 1.82) is 0 Å². The highest BCUT2D eigenvalue weighted by Crippen LogP contribution is 2.35. The molecule has 0 atom stereocenters. The summed E-state index contributed by atoms with van der Waals surface area (Å²) in [5.74, 6) is 0. The smallest absolute Gasteiger partial charge is 0.0430 e. The standard InChI is InChI=1S/C21H26N2/c1-3-9-18(10-4-1)16-23-17-21(13-7-2-8-14-21)22-15-19-11-5-6-12-20(19)23/h1,3-6,9-12,22H,2,7-8,13-17H2. The van der Waals surface area contributed by atoms with Gasteiger partial charge in [-0.3, -0.25) is 0 Å². The molecule has 120 valence electrons. The molecule has 1 heterocycles. The summed E-state index contributed by atoms with van der Waals surface area (Å²) in [6.45, 7) is 3.13. The minimum absolute atomic E-state index is 0.298. The molecule has 0 radical (unpaired) electrons. The van der Waals surface area contributed by atoms with Crippen molar-refractivity contribution in [2.75, 3.05) is 11.4 Å². The van der Waals surface area contributed by atoms with E-state index in [0.717, 1.165) is 19.6 Å². The van der Waals surface area contributed by atoms with Gasteiger partial charge < -0.3 is 10.2 Å². The van der Waals surface area contributed by atoms with Gasteiger partial charge in [0.2, 0.25) is 0 Å². The first-order valence-electron chi connectivity index (χ1n) is 8.97. The van der Waals surface area contributed by atoms with Crippen molar-refractivity contribution in [3.05, 3.63) is 65.7 Å². The Hall–Kier alpha value is -1.80. The number of nitrogens with zero attached hydrogens (tertiary/aromatic N) is 1. The first kappa shape index (κ1) is 14.8. The number of para-hydroxylation sites is 1. The van der Waals surface area contributed by atoms with Gasteiger partial charge in [0.25, 0.3) is 0 Å². The lowest BCUT2D eigenvalue weighted by Crippen LogP contribution is -2.52. The maximum Gasteiger partial charge on any atom is 0.0430 e. The molecular formula is C21H26N2. The molecule has 0 saturated heterocycles. The number of rotatable bonds is 2. The number of anilines is 1. The Bertz CT molecular complexity index is 644. The van der Waals surface area contributed by atoms with Gasteiger partial charge in [0.05, 0.1) is 0 Å². The summed E-state index contributed by atoms with van der Waals surface area (Å²) in [6, 6.07) is 19.8. The highest BCUT2D eigenvalue weighted by molar-refractivity contribution is 5.55. The Morgan fingerprint density at radius 3 is 2.43 bits per heavy atom. The van der Waals surface area contributed by atoms with Crippen LogP contribution in [0.1, 0.15) is 43.2 Å². The zero-order valence-electron chi connectivity index (χ0n) is 13.8. The fourth-order valence-corrected chi connectivity index (χ4v) is 4.27. The average Bonchev–Trinajstić information content (AvgIpc) is 2.75. The Labute approximate surface area is 139 Å². The summed E-state index contributed by atoms with van der Waals surface area (Å²) in [6.07, 6.45) is 6.75. The average molecular weight is 306 g/mol. The molecule has 2 aromatic carbocycles. The van der Waals surface area contributed by atoms with Crippen LogP contribution in [0.3, 0.4) is 0 Å². The van der Waals surface area contributed by atoms with Crippen LogP contribution in [0.2, 0.25) is 0 Å². The van der Waals surface area contributed by atoms with E-state index in [9.17, 15) is 0 Å². The van der Waals surface area contributed by atoms with E-state index in [4.69, 9.17) is 0 Å². The molecule has 0 aromatic heterocycles. The van der Waals surface area contributed by atoms with E-state index in [1.807, 2.05) is 0 Å². The van der Waals surface area contributed by atoms with Gasteiger partial charge in [-0.05, 0) is 30.0 Å². The molecule has 0 bridgehead atoms. The summed E-state index contributed by atoms with van der Waals surface area (Å²) in [5, 5.41) is 3.93. The molecule has 4 rings (SSSR count). The molecule has 1 saturated carbocycles. The second-order valence-corrected chi connectivity index (χ2v) is 7.16. The lowest BCUT2D eigenvalue weighted by Gasteiger charge is -2.40. The predicted molar refractivity (Wildman–Crippen MR) is 96.6 cm³/mol. The van der Waals surface area contributed by atoms with Gasteiger partial charge in [0.15, 0.2) is 0 Å². The molecule has 23 heavy (non-hydrogen) atoms. The molecule has 2 aromatic rings. The molecule has 2 heteroatoms. The Morgan fingerprint density at radius 2 is 1.61 bits per heavy atom. The Balaban J connectivity index is 1.67. The fraction of sp³-hybridized carbons (Fsp3) is 0.429. The van der Waals surface area contributed by atoms with Crippen LogP contribution in [0.25, 0.3) is 0 Å². The van der Waals surface area contributed by atoms with Gasteiger partial charge in [-0.25, -0.2) is 0 Å². The van der Waals surface area contributed by atoms with Crippen LogP contribution in [0.5, 0.6) is 0 Å². The molecule has 1 fully saturated rings. The number of hydrogen-bond acceptors (Lipinski definition) is 2. The summed E-state index contributed by atoms with van der Waals surface area (Å²) in [5.41, 5.74) is 4.54. The van der Waals surface area contributed by atoms with Gasteiger partial charge in [-0.15, -0.1) is 0 Å². The number of nitrogens with one attached hydrogen (secondary N) is 1. The molecule has 1 spiro atoms. The first-order chi connectivity index (χ1) is 11.3. The van der Waals surface area contributed by atoms with Gasteiger partial charge >= 0.3 is 0 Å². The van der Waals surface area contributed by atoms with Crippen molar-refractivity contribution in [3.63, 3.8) is 0 Å². The van der Waals surface area contributed by atoms with Gasteiger partial charge in [0.1, 0.15) is 0 Å². The zero-order chi connectivity index (χ0) is 15.5. The molecular weight excluding hydrogens is 280 g/mol. The third kappa shape index (κ3) is 3.13. The van der Waals surface area contributed by atoms with E-state index in [2.05, 4.69) is 64.8 Å². The van der Waals surface area contributed by atoms with Crippen LogP contribution in [-0.4, -0.2) is 12.1 Å². The quantitative estimate of drug-likeness (QED) is 0.879. The Kier molecular flexibility index (Phi) is 4.09. The van der Waals surface area contributed by atoms with Crippen molar-refractivity contribution < 1.29 is 0 Å². The van der Waals surface area contributed by atoms with Crippen LogP contribution in [0, 0.1) is 0 Å². The molecule has 1 N–H and O–H groups in total. The van der Waals surface area contributed by atoms with Gasteiger partial charge in [-0.2, -0.15) is 0 Å². The maximum absolute atomic E-state index is 3.93. The maximum atomic E-state index is 3.93. The molecule has 0 unspecified atom stereocenters. The van der Waals surface area contributed by atoms with Crippen LogP contribution in [0.15, 0.2) is 54.6 Å².